The molecule has 118 valence electrons. The molecule has 2 aromatic rings. The van der Waals surface area contributed by atoms with Crippen molar-refractivity contribution in [1.29, 1.82) is 0 Å². The lowest BCUT2D eigenvalue weighted by atomic mass is 10.2. The first-order valence-corrected chi connectivity index (χ1v) is 7.91. The van der Waals surface area contributed by atoms with Crippen molar-refractivity contribution in [3.63, 3.8) is 0 Å². The number of amides is 3. The van der Waals surface area contributed by atoms with Crippen LogP contribution in [0.15, 0.2) is 52.0 Å². The Morgan fingerprint density at radius 3 is 2.78 bits per heavy atom. The third-order valence-electron chi connectivity index (χ3n) is 3.33. The lowest BCUT2D eigenvalue weighted by Gasteiger charge is -2.11. The predicted octanol–water partition coefficient (Wildman–Crippen LogP) is 1.72. The number of rotatable bonds is 5. The van der Waals surface area contributed by atoms with E-state index >= 15 is 0 Å². The van der Waals surface area contributed by atoms with E-state index in [4.69, 9.17) is 4.42 Å². The van der Waals surface area contributed by atoms with Crippen LogP contribution in [0, 0.1) is 0 Å². The van der Waals surface area contributed by atoms with E-state index in [0.29, 0.717) is 16.2 Å². The number of carbonyl (C=O) groups excluding carboxylic acids is 3. The monoisotopic (exact) mass is 330 g/mol. The summed E-state index contributed by atoms with van der Waals surface area (Å²) in [6.07, 6.45) is 1.67. The highest BCUT2D eigenvalue weighted by atomic mass is 32.2. The highest BCUT2D eigenvalue weighted by Gasteiger charge is 2.32. The van der Waals surface area contributed by atoms with Crippen LogP contribution in [0.4, 0.5) is 0 Å². The second-order valence-electron chi connectivity index (χ2n) is 4.98. The van der Waals surface area contributed by atoms with Gasteiger partial charge in [-0.05, 0) is 24.3 Å². The van der Waals surface area contributed by atoms with E-state index in [-0.39, 0.29) is 30.7 Å². The fourth-order valence-electron chi connectivity index (χ4n) is 2.21. The minimum absolute atomic E-state index is 0.131. The first kappa shape index (κ1) is 15.4. The molecule has 1 atom stereocenters. The molecule has 1 aliphatic heterocycles. The van der Waals surface area contributed by atoms with Crippen LogP contribution < -0.4 is 10.6 Å². The molecule has 2 N–H and O–H groups in total. The van der Waals surface area contributed by atoms with Crippen LogP contribution in [0.1, 0.15) is 22.5 Å². The van der Waals surface area contributed by atoms with Gasteiger partial charge in [0.25, 0.3) is 5.91 Å². The summed E-state index contributed by atoms with van der Waals surface area (Å²) in [6.45, 7) is 0.285. The molecule has 0 bridgehead atoms. The van der Waals surface area contributed by atoms with Gasteiger partial charge in [0.1, 0.15) is 5.76 Å². The summed E-state index contributed by atoms with van der Waals surface area (Å²) in [6, 6.07) is 10.5. The molecule has 0 spiro atoms. The standard InChI is InChI=1S/C16H14N2O4S/c19-14-8-13(16(21)18-14)23-12-6-2-1-5-11(12)15(20)17-9-10-4-3-7-22-10/h1-7,13H,8-9H2,(H,17,20)(H,18,19,21)/t13-/m1/s1. The third kappa shape index (κ3) is 3.62. The van der Waals surface area contributed by atoms with E-state index in [1.807, 2.05) is 0 Å². The molecule has 0 aliphatic carbocycles. The van der Waals surface area contributed by atoms with Gasteiger partial charge < -0.3 is 9.73 Å². The van der Waals surface area contributed by atoms with E-state index in [0.717, 1.165) is 0 Å². The van der Waals surface area contributed by atoms with Gasteiger partial charge in [-0.3, -0.25) is 19.7 Å². The summed E-state index contributed by atoms with van der Waals surface area (Å²) in [5.74, 6) is -0.198. The van der Waals surface area contributed by atoms with Crippen LogP contribution in [-0.2, 0) is 16.1 Å². The van der Waals surface area contributed by atoms with E-state index in [2.05, 4.69) is 10.6 Å². The summed E-state index contributed by atoms with van der Waals surface area (Å²) in [4.78, 5) is 36.0. The largest absolute Gasteiger partial charge is 0.467 e. The quantitative estimate of drug-likeness (QED) is 0.815. The molecule has 0 saturated carbocycles. The van der Waals surface area contributed by atoms with Crippen molar-refractivity contribution < 1.29 is 18.8 Å². The van der Waals surface area contributed by atoms with Crippen LogP contribution in [0.2, 0.25) is 0 Å². The molecule has 1 aromatic carbocycles. The molecule has 7 heteroatoms. The molecule has 3 amide bonds. The molecular formula is C16H14N2O4S. The van der Waals surface area contributed by atoms with Crippen LogP contribution in [-0.4, -0.2) is 23.0 Å². The summed E-state index contributed by atoms with van der Waals surface area (Å²) >= 11 is 1.22. The minimum atomic E-state index is -0.499. The Morgan fingerprint density at radius 2 is 2.09 bits per heavy atom. The average Bonchev–Trinajstić information content (AvgIpc) is 3.15. The lowest BCUT2D eigenvalue weighted by molar-refractivity contribution is -0.124. The van der Waals surface area contributed by atoms with Gasteiger partial charge in [0.15, 0.2) is 0 Å². The zero-order valence-corrected chi connectivity index (χ0v) is 12.9. The van der Waals surface area contributed by atoms with Crippen LogP contribution >= 0.6 is 11.8 Å². The first-order chi connectivity index (χ1) is 11.1. The van der Waals surface area contributed by atoms with Gasteiger partial charge in [0, 0.05) is 11.3 Å². The first-order valence-electron chi connectivity index (χ1n) is 7.03. The van der Waals surface area contributed by atoms with Crippen molar-refractivity contribution in [3.05, 3.63) is 54.0 Å². The van der Waals surface area contributed by atoms with E-state index in [9.17, 15) is 14.4 Å². The van der Waals surface area contributed by atoms with Crippen LogP contribution in [0.25, 0.3) is 0 Å². The van der Waals surface area contributed by atoms with E-state index in [1.165, 1.54) is 11.8 Å². The lowest BCUT2D eigenvalue weighted by Crippen LogP contribution is -2.24. The highest BCUT2D eigenvalue weighted by Crippen LogP contribution is 2.30. The minimum Gasteiger partial charge on any atom is -0.467 e. The van der Waals surface area contributed by atoms with Crippen molar-refractivity contribution in [2.45, 2.75) is 23.1 Å². The van der Waals surface area contributed by atoms with Crippen molar-refractivity contribution in [2.75, 3.05) is 0 Å². The Hall–Kier alpha value is -2.54. The predicted molar refractivity (Wildman–Crippen MR) is 83.7 cm³/mol. The Labute approximate surface area is 136 Å². The molecule has 3 rings (SSSR count). The smallest absolute Gasteiger partial charge is 0.252 e. The van der Waals surface area contributed by atoms with Crippen molar-refractivity contribution in [2.24, 2.45) is 0 Å². The topological polar surface area (TPSA) is 88.4 Å². The van der Waals surface area contributed by atoms with Crippen molar-refractivity contribution in [1.82, 2.24) is 10.6 Å². The summed E-state index contributed by atoms with van der Waals surface area (Å²) in [7, 11) is 0. The molecule has 1 aromatic heterocycles. The second kappa shape index (κ2) is 6.70. The van der Waals surface area contributed by atoms with Gasteiger partial charge in [-0.25, -0.2) is 0 Å². The molecule has 1 saturated heterocycles. The molecule has 2 heterocycles. The van der Waals surface area contributed by atoms with Crippen molar-refractivity contribution >= 4 is 29.5 Å². The zero-order valence-electron chi connectivity index (χ0n) is 12.1. The number of benzene rings is 1. The van der Waals surface area contributed by atoms with Crippen LogP contribution in [0.5, 0.6) is 0 Å². The summed E-state index contributed by atoms with van der Waals surface area (Å²) in [5, 5.41) is 4.54. The van der Waals surface area contributed by atoms with Crippen molar-refractivity contribution in [3.8, 4) is 0 Å². The molecule has 6 nitrogen and oxygen atoms in total. The average molecular weight is 330 g/mol. The van der Waals surface area contributed by atoms with Gasteiger partial charge in [0.05, 0.1) is 23.6 Å². The molecule has 23 heavy (non-hydrogen) atoms. The van der Waals surface area contributed by atoms with E-state index in [1.54, 1.807) is 42.7 Å². The number of carbonyl (C=O) groups is 3. The molecule has 0 unspecified atom stereocenters. The Bertz CT molecular complexity index is 742. The maximum absolute atomic E-state index is 12.3. The zero-order chi connectivity index (χ0) is 16.2. The van der Waals surface area contributed by atoms with Gasteiger partial charge in [-0.2, -0.15) is 0 Å². The Kier molecular flexibility index (Phi) is 4.47. The number of nitrogens with one attached hydrogen (secondary N) is 2. The SMILES string of the molecule is O=C1C[C@@H](Sc2ccccc2C(=O)NCc2ccco2)C(=O)N1. The third-order valence-corrected chi connectivity index (χ3v) is 4.61. The van der Waals surface area contributed by atoms with Gasteiger partial charge in [0.2, 0.25) is 11.8 Å². The maximum Gasteiger partial charge on any atom is 0.252 e. The maximum atomic E-state index is 12.3. The number of hydrogen-bond acceptors (Lipinski definition) is 5. The normalized spacial score (nSPS) is 17.1. The summed E-state index contributed by atoms with van der Waals surface area (Å²) in [5.41, 5.74) is 0.469. The summed E-state index contributed by atoms with van der Waals surface area (Å²) < 4.78 is 5.17. The molecule has 1 fully saturated rings. The highest BCUT2D eigenvalue weighted by molar-refractivity contribution is 8.00. The van der Waals surface area contributed by atoms with Gasteiger partial charge >= 0.3 is 0 Å². The van der Waals surface area contributed by atoms with Gasteiger partial charge in [-0.1, -0.05) is 12.1 Å². The van der Waals surface area contributed by atoms with Crippen LogP contribution in [0.3, 0.4) is 0 Å². The molecular weight excluding hydrogens is 316 g/mol. The molecule has 0 radical (unpaired) electrons. The fourth-order valence-corrected chi connectivity index (χ4v) is 3.36. The second-order valence-corrected chi connectivity index (χ2v) is 6.23. The number of furan rings is 1. The number of thioether (sulfide) groups is 1. The fraction of sp³-hybridized carbons (Fsp3) is 0.188. The number of hydrogen-bond donors (Lipinski definition) is 2. The Balaban J connectivity index is 1.71. The Morgan fingerprint density at radius 1 is 1.26 bits per heavy atom. The van der Waals surface area contributed by atoms with Gasteiger partial charge in [-0.15, -0.1) is 11.8 Å². The molecule has 1 aliphatic rings. The van der Waals surface area contributed by atoms with E-state index < -0.39 is 5.25 Å². The number of imide groups is 1.